The molecule has 1 nitrogen and oxygen atoms in total. The molecule has 30 valence electrons. The summed E-state index contributed by atoms with van der Waals surface area (Å²) in [7, 11) is 0. The van der Waals surface area contributed by atoms with Crippen molar-refractivity contribution in [3.8, 4) is 0 Å². The molecular weight excluding hydrogens is 82.1 g/mol. The second-order valence-corrected chi connectivity index (χ2v) is 2.87. The number of nitrogens with two attached hydrogens (primary N) is 1. The van der Waals surface area contributed by atoms with Gasteiger partial charge in [0, 0.05) is 5.25 Å². The van der Waals surface area contributed by atoms with Crippen LogP contribution in [0.4, 0.5) is 0 Å². The van der Waals surface area contributed by atoms with E-state index < -0.39 is 0 Å². The standard InChI is InChI=1S/C3H7NS/c1-2-3(4)5-2/h2-3H,4H2,1H3/t2?,3-/m0/s1. The molecule has 0 spiro atoms. The molecule has 0 amide bonds. The fourth-order valence-electron chi connectivity index (χ4n) is 0.202. The first-order valence-electron chi connectivity index (χ1n) is 1.72. The van der Waals surface area contributed by atoms with Gasteiger partial charge in [0.2, 0.25) is 0 Å². The first-order chi connectivity index (χ1) is 2.30. The van der Waals surface area contributed by atoms with Crippen molar-refractivity contribution in [3.05, 3.63) is 0 Å². The lowest BCUT2D eigenvalue weighted by atomic mass is 10.5. The van der Waals surface area contributed by atoms with Gasteiger partial charge in [-0.05, 0) is 0 Å². The van der Waals surface area contributed by atoms with E-state index in [1.54, 1.807) is 0 Å². The van der Waals surface area contributed by atoms with Crippen molar-refractivity contribution in [1.82, 2.24) is 0 Å². The highest BCUT2D eigenvalue weighted by Gasteiger charge is 2.28. The summed E-state index contributed by atoms with van der Waals surface area (Å²) in [5, 5.41) is 1.21. The fourth-order valence-corrected chi connectivity index (χ4v) is 0.607. The molecule has 0 saturated carbocycles. The van der Waals surface area contributed by atoms with Gasteiger partial charge in [0.05, 0.1) is 5.37 Å². The zero-order valence-electron chi connectivity index (χ0n) is 3.14. The molecule has 1 fully saturated rings. The molecule has 1 aliphatic heterocycles. The maximum Gasteiger partial charge on any atom is 0.0629 e. The Bertz CT molecular complexity index is 40.2. The van der Waals surface area contributed by atoms with Crippen LogP contribution in [0.5, 0.6) is 0 Å². The Hall–Kier alpha value is 0.310. The van der Waals surface area contributed by atoms with Crippen LogP contribution >= 0.6 is 11.8 Å². The van der Waals surface area contributed by atoms with Gasteiger partial charge in [0.25, 0.3) is 0 Å². The summed E-state index contributed by atoms with van der Waals surface area (Å²) < 4.78 is 0. The van der Waals surface area contributed by atoms with E-state index in [1.807, 2.05) is 11.8 Å². The molecule has 0 bridgehead atoms. The van der Waals surface area contributed by atoms with Gasteiger partial charge in [0.15, 0.2) is 0 Å². The Morgan fingerprint density at radius 3 is 2.00 bits per heavy atom. The van der Waals surface area contributed by atoms with E-state index in [-0.39, 0.29) is 0 Å². The maximum absolute atomic E-state index is 5.33. The molecule has 0 aromatic rings. The highest BCUT2D eigenvalue weighted by atomic mass is 32.2. The van der Waals surface area contributed by atoms with E-state index in [2.05, 4.69) is 6.92 Å². The maximum atomic E-state index is 5.33. The SMILES string of the molecule is CC1S[C@@H]1N. The van der Waals surface area contributed by atoms with Crippen LogP contribution in [0.1, 0.15) is 6.92 Å². The van der Waals surface area contributed by atoms with Crippen LogP contribution in [-0.2, 0) is 0 Å². The predicted molar refractivity (Wildman–Crippen MR) is 25.0 cm³/mol. The lowest BCUT2D eigenvalue weighted by Gasteiger charge is -1.65. The average Bonchev–Trinajstić information content (AvgIpc) is 1.79. The second kappa shape index (κ2) is 0.884. The molecule has 0 aromatic heterocycles. The molecule has 1 rings (SSSR count). The molecule has 2 atom stereocenters. The van der Waals surface area contributed by atoms with Gasteiger partial charge in [-0.3, -0.25) is 0 Å². The zero-order chi connectivity index (χ0) is 3.86. The molecule has 0 aromatic carbocycles. The minimum Gasteiger partial charge on any atom is -0.318 e. The van der Waals surface area contributed by atoms with Gasteiger partial charge in [-0.25, -0.2) is 0 Å². The lowest BCUT2D eigenvalue weighted by Crippen LogP contribution is -2.00. The normalized spacial score (nSPS) is 49.2. The van der Waals surface area contributed by atoms with Gasteiger partial charge < -0.3 is 5.73 Å². The summed E-state index contributed by atoms with van der Waals surface area (Å²) in [4.78, 5) is 0. The van der Waals surface area contributed by atoms with Crippen LogP contribution in [0.15, 0.2) is 0 Å². The molecule has 1 heterocycles. The van der Waals surface area contributed by atoms with Crippen LogP contribution in [0.3, 0.4) is 0 Å². The fraction of sp³-hybridized carbons (Fsp3) is 1.00. The summed E-state index contributed by atoms with van der Waals surface area (Å²) in [6.45, 7) is 2.13. The van der Waals surface area contributed by atoms with E-state index in [1.165, 1.54) is 0 Å². The Morgan fingerprint density at radius 1 is 1.80 bits per heavy atom. The van der Waals surface area contributed by atoms with Crippen molar-refractivity contribution in [3.63, 3.8) is 0 Å². The van der Waals surface area contributed by atoms with Crippen molar-refractivity contribution in [1.29, 1.82) is 0 Å². The Balaban J connectivity index is 2.20. The topological polar surface area (TPSA) is 26.0 Å². The van der Waals surface area contributed by atoms with Crippen molar-refractivity contribution >= 4 is 11.8 Å². The van der Waals surface area contributed by atoms with Gasteiger partial charge in [-0.1, -0.05) is 6.92 Å². The molecule has 2 heteroatoms. The van der Waals surface area contributed by atoms with Crippen LogP contribution in [0.2, 0.25) is 0 Å². The molecule has 1 aliphatic rings. The summed E-state index contributed by atoms with van der Waals surface area (Å²) >= 11 is 1.82. The number of rotatable bonds is 0. The zero-order valence-corrected chi connectivity index (χ0v) is 3.96. The molecule has 1 unspecified atom stereocenters. The average molecular weight is 89.2 g/mol. The smallest absolute Gasteiger partial charge is 0.0629 e. The van der Waals surface area contributed by atoms with Crippen molar-refractivity contribution < 1.29 is 0 Å². The van der Waals surface area contributed by atoms with Crippen molar-refractivity contribution in [2.24, 2.45) is 5.73 Å². The Kier molecular flexibility index (Phi) is 0.618. The molecule has 0 aliphatic carbocycles. The molecule has 1 saturated heterocycles. The van der Waals surface area contributed by atoms with E-state index in [0.29, 0.717) is 5.37 Å². The van der Waals surface area contributed by atoms with Crippen LogP contribution in [0, 0.1) is 0 Å². The monoisotopic (exact) mass is 89.0 g/mol. The van der Waals surface area contributed by atoms with Gasteiger partial charge in [-0.2, -0.15) is 0 Å². The highest BCUT2D eigenvalue weighted by molar-refractivity contribution is 8.07. The minimum absolute atomic E-state index is 0.468. The second-order valence-electron chi connectivity index (χ2n) is 1.31. The minimum atomic E-state index is 0.468. The summed E-state index contributed by atoms with van der Waals surface area (Å²) in [5.41, 5.74) is 5.33. The third kappa shape index (κ3) is 0.578. The van der Waals surface area contributed by atoms with Gasteiger partial charge in [0.1, 0.15) is 0 Å². The number of thioether (sulfide) groups is 1. The Morgan fingerprint density at radius 2 is 2.00 bits per heavy atom. The Labute approximate surface area is 35.9 Å². The predicted octanol–water partition coefficient (Wildman–Crippen LogP) is 0.406. The van der Waals surface area contributed by atoms with Gasteiger partial charge in [-0.15, -0.1) is 11.8 Å². The molecule has 5 heavy (non-hydrogen) atoms. The summed E-state index contributed by atoms with van der Waals surface area (Å²) in [6.07, 6.45) is 0. The summed E-state index contributed by atoms with van der Waals surface area (Å²) in [6, 6.07) is 0. The number of hydrogen-bond donors (Lipinski definition) is 1. The van der Waals surface area contributed by atoms with Crippen molar-refractivity contribution in [2.45, 2.75) is 17.5 Å². The van der Waals surface area contributed by atoms with E-state index in [0.717, 1.165) is 5.25 Å². The van der Waals surface area contributed by atoms with E-state index >= 15 is 0 Å². The largest absolute Gasteiger partial charge is 0.318 e. The van der Waals surface area contributed by atoms with E-state index in [4.69, 9.17) is 5.73 Å². The first kappa shape index (κ1) is 3.50. The van der Waals surface area contributed by atoms with E-state index in [9.17, 15) is 0 Å². The first-order valence-corrected chi connectivity index (χ1v) is 2.66. The van der Waals surface area contributed by atoms with Gasteiger partial charge >= 0.3 is 0 Å². The van der Waals surface area contributed by atoms with Crippen LogP contribution in [0.25, 0.3) is 0 Å². The quantitative estimate of drug-likeness (QED) is 0.435. The third-order valence-corrected chi connectivity index (χ3v) is 1.89. The van der Waals surface area contributed by atoms with Crippen molar-refractivity contribution in [2.75, 3.05) is 0 Å². The molecule has 0 radical (unpaired) electrons. The molecule has 2 N–H and O–H groups in total. The third-order valence-electron chi connectivity index (χ3n) is 0.758. The van der Waals surface area contributed by atoms with Crippen LogP contribution < -0.4 is 5.73 Å². The highest BCUT2D eigenvalue weighted by Crippen LogP contribution is 2.35. The summed E-state index contributed by atoms with van der Waals surface area (Å²) in [5.74, 6) is 0. The van der Waals surface area contributed by atoms with Crippen LogP contribution in [-0.4, -0.2) is 10.6 Å². The number of hydrogen-bond acceptors (Lipinski definition) is 2. The lowest BCUT2D eigenvalue weighted by molar-refractivity contribution is 1.00. The molecular formula is C3H7NS.